The third-order valence-corrected chi connectivity index (χ3v) is 4.98. The molecule has 2 aromatic carbocycles. The van der Waals surface area contributed by atoms with E-state index < -0.39 is 0 Å². The molecule has 2 aromatic rings. The number of nitrogens with zero attached hydrogens (tertiary/aromatic N) is 1. The van der Waals surface area contributed by atoms with Crippen molar-refractivity contribution >= 4 is 17.5 Å². The monoisotopic (exact) mass is 374 g/mol. The van der Waals surface area contributed by atoms with Crippen LogP contribution in [0.4, 0.5) is 0 Å². The van der Waals surface area contributed by atoms with E-state index >= 15 is 0 Å². The zero-order chi connectivity index (χ0) is 19.3. The van der Waals surface area contributed by atoms with Gasteiger partial charge in [0.05, 0.1) is 13.2 Å². The maximum absolute atomic E-state index is 12.5. The van der Waals surface area contributed by atoms with Crippen LogP contribution >= 0.6 is 11.6 Å². The van der Waals surface area contributed by atoms with Gasteiger partial charge in [0.25, 0.3) is 0 Å². The maximum Gasteiger partial charge on any atom is 0.237 e. The Morgan fingerprint density at radius 1 is 1.23 bits per heavy atom. The van der Waals surface area contributed by atoms with Gasteiger partial charge in [-0.2, -0.15) is 0 Å². The van der Waals surface area contributed by atoms with E-state index in [9.17, 15) is 4.79 Å². The fraction of sp³-hybridized carbons (Fsp3) is 0.381. The molecule has 0 aliphatic rings. The van der Waals surface area contributed by atoms with Crippen molar-refractivity contribution in [1.29, 1.82) is 0 Å². The molecule has 5 heteroatoms. The van der Waals surface area contributed by atoms with Crippen LogP contribution in [0.3, 0.4) is 0 Å². The highest BCUT2D eigenvalue weighted by atomic mass is 35.5. The number of ether oxygens (including phenoxy) is 1. The molecule has 0 spiro atoms. The number of hydrogen-bond acceptors (Lipinski definition) is 3. The summed E-state index contributed by atoms with van der Waals surface area (Å²) in [6, 6.07) is 11.5. The van der Waals surface area contributed by atoms with Crippen molar-refractivity contribution < 1.29 is 9.53 Å². The third-order valence-electron chi connectivity index (χ3n) is 4.61. The van der Waals surface area contributed by atoms with Gasteiger partial charge < -0.3 is 10.1 Å². The third kappa shape index (κ3) is 4.99. The summed E-state index contributed by atoms with van der Waals surface area (Å²) in [6.07, 6.45) is 0. The van der Waals surface area contributed by atoms with Crippen molar-refractivity contribution in [3.8, 4) is 5.75 Å². The fourth-order valence-electron chi connectivity index (χ4n) is 3.05. The zero-order valence-electron chi connectivity index (χ0n) is 16.1. The lowest BCUT2D eigenvalue weighted by Crippen LogP contribution is -2.42. The minimum atomic E-state index is -0.250. The van der Waals surface area contributed by atoms with Crippen molar-refractivity contribution in [3.63, 3.8) is 0 Å². The number of likely N-dealkylation sites (N-methyl/N-ethyl adjacent to an activating group) is 1. The van der Waals surface area contributed by atoms with Gasteiger partial charge in [0.2, 0.25) is 5.91 Å². The Balaban J connectivity index is 1.97. The Hall–Kier alpha value is -2.04. The lowest BCUT2D eigenvalue weighted by molar-refractivity contribution is -0.125. The summed E-state index contributed by atoms with van der Waals surface area (Å²) in [4.78, 5) is 14.5. The molecule has 0 fully saturated rings. The average Bonchev–Trinajstić information content (AvgIpc) is 2.59. The number of benzene rings is 2. The summed E-state index contributed by atoms with van der Waals surface area (Å²) in [6.45, 7) is 7.10. The number of amides is 1. The van der Waals surface area contributed by atoms with Gasteiger partial charge in [-0.15, -0.1) is 0 Å². The molecular weight excluding hydrogens is 348 g/mol. The van der Waals surface area contributed by atoms with Gasteiger partial charge >= 0.3 is 0 Å². The number of methoxy groups -OCH3 is 1. The lowest BCUT2D eigenvalue weighted by Gasteiger charge is -2.24. The number of hydrogen-bond donors (Lipinski definition) is 1. The molecule has 0 radical (unpaired) electrons. The van der Waals surface area contributed by atoms with Crippen LogP contribution in [-0.2, 0) is 17.9 Å². The molecule has 0 saturated heterocycles. The molecule has 0 aromatic heterocycles. The Bertz CT molecular complexity index is 753. The molecule has 140 valence electrons. The second-order valence-electron chi connectivity index (χ2n) is 6.66. The first-order valence-corrected chi connectivity index (χ1v) is 9.06. The number of aryl methyl sites for hydroxylation is 2. The molecule has 26 heavy (non-hydrogen) atoms. The molecule has 0 aliphatic heterocycles. The quantitative estimate of drug-likeness (QED) is 0.793. The van der Waals surface area contributed by atoms with Crippen LogP contribution < -0.4 is 10.1 Å². The molecule has 0 bridgehead atoms. The zero-order valence-corrected chi connectivity index (χ0v) is 16.9. The summed E-state index contributed by atoms with van der Waals surface area (Å²) in [7, 11) is 3.64. The van der Waals surface area contributed by atoms with Crippen molar-refractivity contribution in [2.24, 2.45) is 0 Å². The van der Waals surface area contributed by atoms with E-state index in [0.717, 1.165) is 28.0 Å². The van der Waals surface area contributed by atoms with E-state index in [0.29, 0.717) is 18.1 Å². The van der Waals surface area contributed by atoms with Crippen molar-refractivity contribution in [1.82, 2.24) is 10.2 Å². The number of halogens is 1. The first-order chi connectivity index (χ1) is 12.3. The first-order valence-electron chi connectivity index (χ1n) is 8.69. The smallest absolute Gasteiger partial charge is 0.237 e. The SMILES string of the molecule is COc1c(C)cc(CN(C)C(C)C(=O)NCc2ccccc2Cl)cc1C. The van der Waals surface area contributed by atoms with Crippen LogP contribution in [0.25, 0.3) is 0 Å². The predicted octanol–water partition coefficient (Wildman–Crippen LogP) is 4.10. The van der Waals surface area contributed by atoms with Gasteiger partial charge in [-0.1, -0.05) is 41.9 Å². The van der Waals surface area contributed by atoms with Gasteiger partial charge in [0, 0.05) is 18.1 Å². The maximum atomic E-state index is 12.5. The van der Waals surface area contributed by atoms with Gasteiger partial charge in [-0.05, 0) is 56.1 Å². The van der Waals surface area contributed by atoms with Crippen molar-refractivity contribution in [3.05, 3.63) is 63.7 Å². The molecule has 1 amide bonds. The largest absolute Gasteiger partial charge is 0.496 e. The number of carbonyl (C=O) groups excluding carboxylic acids is 1. The molecule has 0 aliphatic carbocycles. The van der Waals surface area contributed by atoms with E-state index in [1.165, 1.54) is 0 Å². The number of carbonyl (C=O) groups is 1. The minimum absolute atomic E-state index is 0.0191. The number of rotatable bonds is 7. The molecule has 1 N–H and O–H groups in total. The normalized spacial score (nSPS) is 12.1. The summed E-state index contributed by atoms with van der Waals surface area (Å²) < 4.78 is 5.42. The molecule has 4 nitrogen and oxygen atoms in total. The van der Waals surface area contributed by atoms with Crippen LogP contribution in [-0.4, -0.2) is 31.0 Å². The van der Waals surface area contributed by atoms with Gasteiger partial charge in [0.1, 0.15) is 5.75 Å². The summed E-state index contributed by atoms with van der Waals surface area (Å²) in [5.41, 5.74) is 4.28. The fourth-order valence-corrected chi connectivity index (χ4v) is 3.25. The summed E-state index contributed by atoms with van der Waals surface area (Å²) in [5.74, 6) is 0.899. The molecule has 0 saturated carbocycles. The highest BCUT2D eigenvalue weighted by Gasteiger charge is 2.19. The Labute approximate surface area is 161 Å². The molecule has 1 atom stereocenters. The molecule has 0 heterocycles. The van der Waals surface area contributed by atoms with Crippen LogP contribution in [0, 0.1) is 13.8 Å². The topological polar surface area (TPSA) is 41.6 Å². The predicted molar refractivity (Wildman–Crippen MR) is 107 cm³/mol. The van der Waals surface area contributed by atoms with Crippen LogP contribution in [0.1, 0.15) is 29.2 Å². The standard InChI is InChI=1S/C21H27ClN2O2/c1-14-10-17(11-15(2)20(14)26-5)13-24(4)16(3)21(25)23-12-18-8-6-7-9-19(18)22/h6-11,16H,12-13H2,1-5H3,(H,23,25). The Morgan fingerprint density at radius 2 is 1.85 bits per heavy atom. The van der Waals surface area contributed by atoms with Crippen LogP contribution in [0.2, 0.25) is 5.02 Å². The average molecular weight is 375 g/mol. The second kappa shape index (κ2) is 9.06. The van der Waals surface area contributed by atoms with E-state index in [1.54, 1.807) is 7.11 Å². The Morgan fingerprint density at radius 3 is 2.42 bits per heavy atom. The Kier molecular flexibility index (Phi) is 7.06. The molecule has 1 unspecified atom stereocenters. The number of nitrogens with one attached hydrogen (secondary N) is 1. The van der Waals surface area contributed by atoms with Crippen molar-refractivity contribution in [2.45, 2.75) is 39.9 Å². The molecule has 2 rings (SSSR count). The van der Waals surface area contributed by atoms with E-state index in [2.05, 4.69) is 17.4 Å². The van der Waals surface area contributed by atoms with Crippen LogP contribution in [0.15, 0.2) is 36.4 Å². The van der Waals surface area contributed by atoms with Gasteiger partial charge in [-0.3, -0.25) is 9.69 Å². The summed E-state index contributed by atoms with van der Waals surface area (Å²) in [5, 5.41) is 3.63. The van der Waals surface area contributed by atoms with E-state index in [1.807, 2.05) is 57.0 Å². The van der Waals surface area contributed by atoms with Crippen molar-refractivity contribution in [2.75, 3.05) is 14.2 Å². The minimum Gasteiger partial charge on any atom is -0.496 e. The summed E-state index contributed by atoms with van der Waals surface area (Å²) >= 11 is 6.14. The lowest BCUT2D eigenvalue weighted by atomic mass is 10.0. The highest BCUT2D eigenvalue weighted by Crippen LogP contribution is 2.25. The van der Waals surface area contributed by atoms with E-state index in [-0.39, 0.29) is 11.9 Å². The first kappa shape index (κ1) is 20.3. The van der Waals surface area contributed by atoms with Gasteiger partial charge in [-0.25, -0.2) is 0 Å². The van der Waals surface area contributed by atoms with Gasteiger partial charge in [0.15, 0.2) is 0 Å². The molecular formula is C21H27ClN2O2. The van der Waals surface area contributed by atoms with Crippen LogP contribution in [0.5, 0.6) is 5.75 Å². The second-order valence-corrected chi connectivity index (χ2v) is 7.07. The van der Waals surface area contributed by atoms with E-state index in [4.69, 9.17) is 16.3 Å². The highest BCUT2D eigenvalue weighted by molar-refractivity contribution is 6.31.